The van der Waals surface area contributed by atoms with Crippen LogP contribution in [0, 0.1) is 0 Å². The number of esters is 1. The SMILES string of the molecule is COC(=O)c1c(-c2ccccc2Cl)csc1NC(=O)CN1C[C@@H](C)O[C@H](C)C1. The van der Waals surface area contributed by atoms with Gasteiger partial charge in [0.1, 0.15) is 10.6 Å². The van der Waals surface area contributed by atoms with Gasteiger partial charge in [-0.2, -0.15) is 0 Å². The molecule has 0 radical (unpaired) electrons. The van der Waals surface area contributed by atoms with Gasteiger partial charge < -0.3 is 14.8 Å². The third-order valence-electron chi connectivity index (χ3n) is 4.46. The fraction of sp³-hybridized carbons (Fsp3) is 0.400. The van der Waals surface area contributed by atoms with Crippen LogP contribution >= 0.6 is 22.9 Å². The minimum Gasteiger partial charge on any atom is -0.465 e. The maximum absolute atomic E-state index is 12.6. The van der Waals surface area contributed by atoms with Crippen LogP contribution in [0.25, 0.3) is 11.1 Å². The Labute approximate surface area is 173 Å². The number of ether oxygens (including phenoxy) is 2. The fourth-order valence-corrected chi connectivity index (χ4v) is 4.62. The lowest BCUT2D eigenvalue weighted by Gasteiger charge is -2.34. The van der Waals surface area contributed by atoms with E-state index in [4.69, 9.17) is 21.1 Å². The minimum atomic E-state index is -0.514. The van der Waals surface area contributed by atoms with Crippen LogP contribution in [0.4, 0.5) is 5.00 Å². The van der Waals surface area contributed by atoms with Gasteiger partial charge in [0.05, 0.1) is 25.9 Å². The quantitative estimate of drug-likeness (QED) is 0.740. The molecule has 1 saturated heterocycles. The first-order valence-corrected chi connectivity index (χ1v) is 10.3. The first-order chi connectivity index (χ1) is 13.4. The van der Waals surface area contributed by atoms with Gasteiger partial charge in [-0.15, -0.1) is 11.3 Å². The predicted molar refractivity (Wildman–Crippen MR) is 111 cm³/mol. The van der Waals surface area contributed by atoms with Gasteiger partial charge in [-0.3, -0.25) is 9.69 Å². The lowest BCUT2D eigenvalue weighted by atomic mass is 10.0. The molecule has 0 spiro atoms. The van der Waals surface area contributed by atoms with Crippen molar-refractivity contribution in [3.63, 3.8) is 0 Å². The van der Waals surface area contributed by atoms with Crippen molar-refractivity contribution in [2.24, 2.45) is 0 Å². The van der Waals surface area contributed by atoms with E-state index in [9.17, 15) is 9.59 Å². The molecule has 2 aromatic rings. The van der Waals surface area contributed by atoms with E-state index in [0.29, 0.717) is 34.2 Å². The number of carbonyl (C=O) groups excluding carboxylic acids is 2. The van der Waals surface area contributed by atoms with Gasteiger partial charge in [-0.05, 0) is 19.9 Å². The van der Waals surface area contributed by atoms with Crippen LogP contribution in [0.15, 0.2) is 29.6 Å². The monoisotopic (exact) mass is 422 g/mol. The summed E-state index contributed by atoms with van der Waals surface area (Å²) >= 11 is 7.58. The Balaban J connectivity index is 1.81. The number of amides is 1. The Morgan fingerprint density at radius 2 is 1.93 bits per heavy atom. The van der Waals surface area contributed by atoms with Gasteiger partial charge in [0, 0.05) is 34.6 Å². The maximum Gasteiger partial charge on any atom is 0.341 e. The zero-order valence-corrected chi connectivity index (χ0v) is 17.6. The average Bonchev–Trinajstić information content (AvgIpc) is 3.03. The first-order valence-electron chi connectivity index (χ1n) is 9.01. The van der Waals surface area contributed by atoms with Gasteiger partial charge in [0.25, 0.3) is 0 Å². The largest absolute Gasteiger partial charge is 0.465 e. The summed E-state index contributed by atoms with van der Waals surface area (Å²) in [5, 5.41) is 5.66. The number of morpholine rings is 1. The van der Waals surface area contributed by atoms with Crippen molar-refractivity contribution in [3.8, 4) is 11.1 Å². The van der Waals surface area contributed by atoms with Crippen LogP contribution in [0.3, 0.4) is 0 Å². The Kier molecular flexibility index (Phi) is 6.72. The zero-order chi connectivity index (χ0) is 20.3. The lowest BCUT2D eigenvalue weighted by Crippen LogP contribution is -2.48. The molecule has 2 heterocycles. The predicted octanol–water partition coefficient (Wildman–Crippen LogP) is 3.90. The van der Waals surface area contributed by atoms with Crippen LogP contribution in [0.1, 0.15) is 24.2 Å². The van der Waals surface area contributed by atoms with Gasteiger partial charge in [-0.25, -0.2) is 4.79 Å². The summed E-state index contributed by atoms with van der Waals surface area (Å²) in [6.07, 6.45) is 0.159. The maximum atomic E-state index is 12.6. The van der Waals surface area contributed by atoms with Crippen molar-refractivity contribution in [1.29, 1.82) is 0 Å². The van der Waals surface area contributed by atoms with Gasteiger partial charge in [-0.1, -0.05) is 29.8 Å². The zero-order valence-electron chi connectivity index (χ0n) is 16.0. The number of hydrogen-bond donors (Lipinski definition) is 1. The van der Waals surface area contributed by atoms with E-state index in [1.54, 1.807) is 6.07 Å². The minimum absolute atomic E-state index is 0.0794. The van der Waals surface area contributed by atoms with Crippen molar-refractivity contribution < 1.29 is 19.1 Å². The molecular formula is C20H23ClN2O4S. The number of rotatable bonds is 5. The van der Waals surface area contributed by atoms with E-state index in [2.05, 4.69) is 10.2 Å². The first kappa shape index (κ1) is 20.8. The molecule has 1 fully saturated rings. The van der Waals surface area contributed by atoms with Crippen LogP contribution in [0.5, 0.6) is 0 Å². The summed E-state index contributed by atoms with van der Waals surface area (Å²) in [6.45, 7) is 5.60. The van der Waals surface area contributed by atoms with E-state index in [-0.39, 0.29) is 24.7 Å². The highest BCUT2D eigenvalue weighted by atomic mass is 35.5. The molecule has 1 aliphatic rings. The molecule has 1 aromatic heterocycles. The Morgan fingerprint density at radius 3 is 2.57 bits per heavy atom. The molecule has 150 valence electrons. The van der Waals surface area contributed by atoms with Crippen molar-refractivity contribution in [2.45, 2.75) is 26.1 Å². The smallest absolute Gasteiger partial charge is 0.341 e. The standard InChI is InChI=1S/C20H23ClN2O4S/c1-12-8-23(9-13(2)27-12)10-17(24)22-19-18(20(25)26-3)15(11-28-19)14-6-4-5-7-16(14)21/h4-7,11-13H,8-10H2,1-3H3,(H,22,24)/t12-,13-/m1/s1. The summed E-state index contributed by atoms with van der Waals surface area (Å²) in [5.74, 6) is -0.695. The van der Waals surface area contributed by atoms with Gasteiger partial charge in [0.2, 0.25) is 5.91 Å². The Morgan fingerprint density at radius 1 is 1.25 bits per heavy atom. The third kappa shape index (κ3) is 4.72. The van der Waals surface area contributed by atoms with E-state index in [0.717, 1.165) is 5.56 Å². The summed E-state index contributed by atoms with van der Waals surface area (Å²) in [4.78, 5) is 27.1. The average molecular weight is 423 g/mol. The highest BCUT2D eigenvalue weighted by Crippen LogP contribution is 2.39. The van der Waals surface area contributed by atoms with Gasteiger partial charge >= 0.3 is 5.97 Å². The third-order valence-corrected chi connectivity index (χ3v) is 5.69. The molecule has 0 aliphatic carbocycles. The molecule has 1 N–H and O–H groups in total. The molecule has 28 heavy (non-hydrogen) atoms. The van der Waals surface area contributed by atoms with Crippen molar-refractivity contribution in [1.82, 2.24) is 4.90 Å². The molecule has 1 aliphatic heterocycles. The number of nitrogens with one attached hydrogen (secondary N) is 1. The van der Waals surface area contributed by atoms with Crippen LogP contribution < -0.4 is 5.32 Å². The molecule has 0 saturated carbocycles. The van der Waals surface area contributed by atoms with Crippen LogP contribution in [-0.4, -0.2) is 55.7 Å². The fourth-order valence-electron chi connectivity index (χ4n) is 3.42. The number of halogens is 1. The second kappa shape index (κ2) is 9.05. The number of hydrogen-bond acceptors (Lipinski definition) is 6. The van der Waals surface area contributed by atoms with Crippen molar-refractivity contribution in [2.75, 3.05) is 32.1 Å². The number of thiophene rings is 1. The Bertz CT molecular complexity index is 860. The topological polar surface area (TPSA) is 67.9 Å². The molecule has 2 atom stereocenters. The summed E-state index contributed by atoms with van der Waals surface area (Å²) in [5.41, 5.74) is 1.68. The molecule has 0 bridgehead atoms. The van der Waals surface area contributed by atoms with Gasteiger partial charge in [0.15, 0.2) is 0 Å². The van der Waals surface area contributed by atoms with Crippen molar-refractivity contribution in [3.05, 3.63) is 40.2 Å². The number of anilines is 1. The molecule has 1 amide bonds. The van der Waals surface area contributed by atoms with E-state index >= 15 is 0 Å². The van der Waals surface area contributed by atoms with E-state index in [1.165, 1.54) is 18.4 Å². The Hall–Kier alpha value is -1.93. The number of benzene rings is 1. The molecule has 3 rings (SSSR count). The second-order valence-corrected chi connectivity index (χ2v) is 8.11. The summed E-state index contributed by atoms with van der Waals surface area (Å²) < 4.78 is 10.6. The van der Waals surface area contributed by atoms with E-state index in [1.807, 2.05) is 37.4 Å². The second-order valence-electron chi connectivity index (χ2n) is 6.82. The molecular weight excluding hydrogens is 400 g/mol. The molecule has 8 heteroatoms. The lowest BCUT2D eigenvalue weighted by molar-refractivity contribution is -0.121. The van der Waals surface area contributed by atoms with E-state index < -0.39 is 5.97 Å². The highest BCUT2D eigenvalue weighted by Gasteiger charge is 2.26. The van der Waals surface area contributed by atoms with Crippen LogP contribution in [0.2, 0.25) is 5.02 Å². The van der Waals surface area contributed by atoms with Crippen LogP contribution in [-0.2, 0) is 14.3 Å². The number of nitrogens with zero attached hydrogens (tertiary/aromatic N) is 1. The van der Waals surface area contributed by atoms with Crippen molar-refractivity contribution >= 4 is 39.8 Å². The summed E-state index contributed by atoms with van der Waals surface area (Å²) in [6, 6.07) is 7.26. The number of methoxy groups -OCH3 is 1. The molecule has 1 aromatic carbocycles. The molecule has 6 nitrogen and oxygen atoms in total. The number of carbonyl (C=O) groups is 2. The summed E-state index contributed by atoms with van der Waals surface area (Å²) in [7, 11) is 1.32. The molecule has 0 unspecified atom stereocenters. The normalized spacial score (nSPS) is 20.0. The highest BCUT2D eigenvalue weighted by molar-refractivity contribution is 7.15.